The summed E-state index contributed by atoms with van der Waals surface area (Å²) in [4.78, 5) is 37.2. The number of carbonyl (C=O) groups is 3. The van der Waals surface area contributed by atoms with Crippen LogP contribution in [-0.4, -0.2) is 33.7 Å². The first-order chi connectivity index (χ1) is 18.4. The summed E-state index contributed by atoms with van der Waals surface area (Å²) in [5.41, 5.74) is -2.23. The summed E-state index contributed by atoms with van der Waals surface area (Å²) in [6.07, 6.45) is 9.17. The third kappa shape index (κ3) is 3.85. The number of fused-ring (bicyclic) bond motifs is 7. The highest BCUT2D eigenvalue weighted by molar-refractivity contribution is 5.97. The van der Waals surface area contributed by atoms with E-state index in [1.165, 1.54) is 25.7 Å². The molecular formula is C34H54O6. The van der Waals surface area contributed by atoms with Gasteiger partial charge in [0.15, 0.2) is 5.60 Å². The molecule has 5 rings (SSSR count). The first-order valence-corrected chi connectivity index (χ1v) is 16.1. The van der Waals surface area contributed by atoms with Crippen molar-refractivity contribution in [2.24, 2.45) is 62.6 Å². The van der Waals surface area contributed by atoms with Crippen molar-refractivity contribution in [2.45, 2.75) is 132 Å². The molecule has 0 heterocycles. The summed E-state index contributed by atoms with van der Waals surface area (Å²) in [7, 11) is 0. The van der Waals surface area contributed by atoms with Gasteiger partial charge in [-0.1, -0.05) is 55.4 Å². The van der Waals surface area contributed by atoms with E-state index in [9.17, 15) is 19.5 Å². The highest BCUT2D eigenvalue weighted by Crippen LogP contribution is 2.78. The molecule has 0 aromatic heterocycles. The minimum atomic E-state index is -1.83. The second-order valence-corrected chi connectivity index (χ2v) is 16.7. The van der Waals surface area contributed by atoms with Crippen LogP contribution in [0.5, 0.6) is 0 Å². The minimum absolute atomic E-state index is 0.0599. The summed E-state index contributed by atoms with van der Waals surface area (Å²) in [6.45, 7) is 19.2. The summed E-state index contributed by atoms with van der Waals surface area (Å²) in [6, 6.07) is 0. The number of esters is 2. The van der Waals surface area contributed by atoms with Gasteiger partial charge in [-0.3, -0.25) is 9.59 Å². The maximum absolute atomic E-state index is 13.7. The lowest BCUT2D eigenvalue weighted by Gasteiger charge is -2.75. The number of aliphatic hydroxyl groups is 1. The number of ether oxygens (including phenoxy) is 1. The predicted octanol–water partition coefficient (Wildman–Crippen LogP) is 7.02. The van der Waals surface area contributed by atoms with E-state index in [2.05, 4.69) is 55.4 Å². The van der Waals surface area contributed by atoms with Crippen LogP contribution in [0.3, 0.4) is 0 Å². The summed E-state index contributed by atoms with van der Waals surface area (Å²) in [5.74, 6) is -0.434. The Morgan fingerprint density at radius 3 is 2.10 bits per heavy atom. The molecule has 0 aromatic rings. The van der Waals surface area contributed by atoms with E-state index < -0.39 is 35.3 Å². The molecular weight excluding hydrogens is 504 g/mol. The normalized spacial score (nSPS) is 51.3. The standard InChI is InChI=1S/C34H54O6/c1-20-11-13-30(5)16-17-31(6)22(27(30)21(20)2)9-10-24-32(31,7)14-12-23-29(3,4)15-18-34(39,33(23,24)8)28(38)40-26(37)19-25(35)36/h20-24,27,39H,9-19H2,1-8H3,(H,35,36)/t20-,21+,22-,23+,24+,27+,30-,31-,32-,33+,34?/m1/s1. The third-order valence-electron chi connectivity index (χ3n) is 15.0. The van der Waals surface area contributed by atoms with Crippen molar-refractivity contribution in [2.75, 3.05) is 0 Å². The first-order valence-electron chi connectivity index (χ1n) is 16.1. The number of carboxylic acids is 1. The maximum atomic E-state index is 13.7. The molecule has 0 spiro atoms. The summed E-state index contributed by atoms with van der Waals surface area (Å²) in [5, 5.41) is 21.5. The van der Waals surface area contributed by atoms with Crippen LogP contribution in [0.1, 0.15) is 126 Å². The smallest absolute Gasteiger partial charge is 0.346 e. The van der Waals surface area contributed by atoms with Crippen molar-refractivity contribution in [3.63, 3.8) is 0 Å². The Morgan fingerprint density at radius 2 is 1.45 bits per heavy atom. The van der Waals surface area contributed by atoms with E-state index in [-0.39, 0.29) is 34.5 Å². The molecule has 5 aliphatic rings. The molecule has 6 heteroatoms. The number of hydrogen-bond acceptors (Lipinski definition) is 5. The molecule has 5 saturated carbocycles. The Bertz CT molecular complexity index is 1080. The van der Waals surface area contributed by atoms with E-state index in [0.29, 0.717) is 29.6 Å². The van der Waals surface area contributed by atoms with Crippen LogP contribution in [0, 0.1) is 62.6 Å². The fourth-order valence-corrected chi connectivity index (χ4v) is 12.3. The number of hydrogen-bond donors (Lipinski definition) is 2. The molecule has 0 bridgehead atoms. The van der Waals surface area contributed by atoms with Crippen molar-refractivity contribution >= 4 is 17.9 Å². The van der Waals surface area contributed by atoms with E-state index >= 15 is 0 Å². The van der Waals surface area contributed by atoms with Gasteiger partial charge in [0.25, 0.3) is 0 Å². The van der Waals surface area contributed by atoms with Crippen LogP contribution >= 0.6 is 0 Å². The number of carbonyl (C=O) groups excluding carboxylic acids is 2. The van der Waals surface area contributed by atoms with Gasteiger partial charge in [-0.05, 0) is 121 Å². The highest BCUT2D eigenvalue weighted by atomic mass is 16.6. The Balaban J connectivity index is 1.57. The lowest BCUT2D eigenvalue weighted by atomic mass is 9.30. The second kappa shape index (κ2) is 9.28. The van der Waals surface area contributed by atoms with Gasteiger partial charge in [-0.25, -0.2) is 4.79 Å². The van der Waals surface area contributed by atoms with Crippen molar-refractivity contribution < 1.29 is 29.3 Å². The van der Waals surface area contributed by atoms with Gasteiger partial charge in [-0.15, -0.1) is 0 Å². The van der Waals surface area contributed by atoms with Crippen molar-refractivity contribution in [3.8, 4) is 0 Å². The van der Waals surface area contributed by atoms with Gasteiger partial charge in [0.2, 0.25) is 0 Å². The molecule has 0 amide bonds. The van der Waals surface area contributed by atoms with E-state index in [0.717, 1.165) is 31.6 Å². The molecule has 1 unspecified atom stereocenters. The fraction of sp³-hybridized carbons (Fsp3) is 0.912. The average molecular weight is 559 g/mol. The molecule has 6 nitrogen and oxygen atoms in total. The van der Waals surface area contributed by atoms with Crippen molar-refractivity contribution in [3.05, 3.63) is 0 Å². The average Bonchev–Trinajstić information content (AvgIpc) is 2.84. The van der Waals surface area contributed by atoms with E-state index in [4.69, 9.17) is 9.84 Å². The number of aliphatic carboxylic acids is 1. The Kier molecular flexibility index (Phi) is 6.97. The maximum Gasteiger partial charge on any atom is 0.346 e. The van der Waals surface area contributed by atoms with E-state index in [1.807, 2.05) is 0 Å². The van der Waals surface area contributed by atoms with Crippen LogP contribution < -0.4 is 0 Å². The highest BCUT2D eigenvalue weighted by Gasteiger charge is 2.75. The number of rotatable bonds is 3. The zero-order valence-electron chi connectivity index (χ0n) is 26.3. The third-order valence-corrected chi connectivity index (χ3v) is 15.0. The summed E-state index contributed by atoms with van der Waals surface area (Å²) < 4.78 is 5.13. The SMILES string of the molecule is C[C@@H]1[C@H]2[C@H]3CC[C@@H]4[C@]5(C)[C@@H](CC[C@@]4(C)[C@]3(C)CC[C@@]2(C)CC[C@H]1C)C(C)(C)CCC5(O)C(=O)OC(=O)CC(=O)O. The van der Waals surface area contributed by atoms with E-state index in [1.54, 1.807) is 0 Å². The zero-order chi connectivity index (χ0) is 29.7. The zero-order valence-corrected chi connectivity index (χ0v) is 26.3. The lowest BCUT2D eigenvalue weighted by molar-refractivity contribution is -0.291. The molecule has 2 N–H and O–H groups in total. The van der Waals surface area contributed by atoms with Gasteiger partial charge in [0, 0.05) is 5.41 Å². The first kappa shape index (κ1) is 30.0. The van der Waals surface area contributed by atoms with Crippen molar-refractivity contribution in [1.29, 1.82) is 0 Å². The van der Waals surface area contributed by atoms with Gasteiger partial charge < -0.3 is 14.9 Å². The Morgan fingerprint density at radius 1 is 0.775 bits per heavy atom. The molecule has 5 aliphatic carbocycles. The molecule has 226 valence electrons. The monoisotopic (exact) mass is 558 g/mol. The minimum Gasteiger partial charge on any atom is -0.481 e. The number of carboxylic acid groups (broad SMARTS) is 1. The molecule has 0 radical (unpaired) electrons. The van der Waals surface area contributed by atoms with Crippen LogP contribution in [-0.2, 0) is 19.1 Å². The lowest BCUT2D eigenvalue weighted by Crippen LogP contribution is -2.73. The molecule has 40 heavy (non-hydrogen) atoms. The van der Waals surface area contributed by atoms with Crippen LogP contribution in [0.2, 0.25) is 0 Å². The second-order valence-electron chi connectivity index (χ2n) is 16.7. The Labute approximate surface area is 241 Å². The van der Waals surface area contributed by atoms with Gasteiger partial charge in [0.1, 0.15) is 6.42 Å². The molecule has 0 aliphatic heterocycles. The molecule has 11 atom stereocenters. The quantitative estimate of drug-likeness (QED) is 0.285. The largest absolute Gasteiger partial charge is 0.481 e. The topological polar surface area (TPSA) is 101 Å². The predicted molar refractivity (Wildman–Crippen MR) is 153 cm³/mol. The molecule has 0 aromatic carbocycles. The Hall–Kier alpha value is -1.43. The van der Waals surface area contributed by atoms with Gasteiger partial charge >= 0.3 is 17.9 Å². The van der Waals surface area contributed by atoms with Crippen LogP contribution in [0.25, 0.3) is 0 Å². The molecule has 0 saturated heterocycles. The summed E-state index contributed by atoms with van der Waals surface area (Å²) >= 11 is 0. The van der Waals surface area contributed by atoms with Crippen LogP contribution in [0.4, 0.5) is 0 Å². The van der Waals surface area contributed by atoms with Crippen LogP contribution in [0.15, 0.2) is 0 Å². The van der Waals surface area contributed by atoms with Gasteiger partial charge in [0.05, 0.1) is 0 Å². The molecule has 5 fully saturated rings. The van der Waals surface area contributed by atoms with Crippen molar-refractivity contribution in [1.82, 2.24) is 0 Å². The fourth-order valence-electron chi connectivity index (χ4n) is 12.3. The van der Waals surface area contributed by atoms with Gasteiger partial charge in [-0.2, -0.15) is 0 Å².